The average molecular weight is 246 g/mol. The van der Waals surface area contributed by atoms with Crippen LogP contribution in [0.3, 0.4) is 0 Å². The van der Waals surface area contributed by atoms with Crippen molar-refractivity contribution in [1.29, 1.82) is 0 Å². The third-order valence-electron chi connectivity index (χ3n) is 4.11. The van der Waals surface area contributed by atoms with E-state index in [1.807, 2.05) is 0 Å². The molecule has 0 bridgehead atoms. The highest BCUT2D eigenvalue weighted by atomic mass is 14.8. The van der Waals surface area contributed by atoms with Crippen molar-refractivity contribution in [2.45, 2.75) is 51.6 Å². The van der Waals surface area contributed by atoms with Crippen LogP contribution in [0.2, 0.25) is 0 Å². The van der Waals surface area contributed by atoms with Gasteiger partial charge in [0.15, 0.2) is 0 Å². The third-order valence-corrected chi connectivity index (χ3v) is 4.11. The average Bonchev–Trinajstić information content (AvgIpc) is 2.45. The molecule has 100 valence electrons. The zero-order chi connectivity index (χ0) is 12.6. The molecule has 2 heteroatoms. The molecule has 0 unspecified atom stereocenters. The minimum absolute atomic E-state index is 0.639. The van der Waals surface area contributed by atoms with Gasteiger partial charge in [0, 0.05) is 13.1 Å². The van der Waals surface area contributed by atoms with Gasteiger partial charge in [-0.15, -0.1) is 0 Å². The first-order valence-electron chi connectivity index (χ1n) is 7.37. The molecule has 0 radical (unpaired) electrons. The van der Waals surface area contributed by atoms with E-state index < -0.39 is 0 Å². The van der Waals surface area contributed by atoms with Gasteiger partial charge in [-0.25, -0.2) is 0 Å². The van der Waals surface area contributed by atoms with Crippen LogP contribution < -0.4 is 11.1 Å². The lowest BCUT2D eigenvalue weighted by atomic mass is 9.87. The molecule has 0 aliphatic heterocycles. The molecule has 1 aliphatic rings. The minimum Gasteiger partial charge on any atom is -0.326 e. The summed E-state index contributed by atoms with van der Waals surface area (Å²) in [6.45, 7) is 2.74. The summed E-state index contributed by atoms with van der Waals surface area (Å²) in [5.41, 5.74) is 8.36. The maximum atomic E-state index is 5.74. The van der Waals surface area contributed by atoms with Crippen molar-refractivity contribution < 1.29 is 0 Å². The Labute approximate surface area is 111 Å². The van der Waals surface area contributed by atoms with Gasteiger partial charge in [-0.2, -0.15) is 0 Å². The first-order valence-corrected chi connectivity index (χ1v) is 7.37. The van der Waals surface area contributed by atoms with Crippen molar-refractivity contribution in [1.82, 2.24) is 5.32 Å². The minimum atomic E-state index is 0.639. The van der Waals surface area contributed by atoms with Crippen LogP contribution in [-0.4, -0.2) is 6.54 Å². The molecule has 0 saturated heterocycles. The summed E-state index contributed by atoms with van der Waals surface area (Å²) in [6, 6.07) is 8.46. The number of hydrogen-bond donors (Lipinski definition) is 2. The predicted octanol–water partition coefficient (Wildman–Crippen LogP) is 3.21. The van der Waals surface area contributed by atoms with Gasteiger partial charge >= 0.3 is 0 Å². The second kappa shape index (κ2) is 7.55. The number of nitrogens with two attached hydrogens (primary N) is 1. The SMILES string of the molecule is NCc1ccccc1CNCCC1CCCCC1. The van der Waals surface area contributed by atoms with E-state index >= 15 is 0 Å². The Kier molecular flexibility index (Phi) is 5.69. The van der Waals surface area contributed by atoms with E-state index in [4.69, 9.17) is 5.73 Å². The normalized spacial score (nSPS) is 16.9. The first kappa shape index (κ1) is 13.6. The van der Waals surface area contributed by atoms with Crippen molar-refractivity contribution in [3.8, 4) is 0 Å². The van der Waals surface area contributed by atoms with Gasteiger partial charge in [0.1, 0.15) is 0 Å². The zero-order valence-corrected chi connectivity index (χ0v) is 11.3. The Bertz CT molecular complexity index is 343. The van der Waals surface area contributed by atoms with Crippen LogP contribution in [0.25, 0.3) is 0 Å². The second-order valence-corrected chi connectivity index (χ2v) is 5.44. The highest BCUT2D eigenvalue weighted by molar-refractivity contribution is 5.26. The molecule has 3 N–H and O–H groups in total. The highest BCUT2D eigenvalue weighted by Crippen LogP contribution is 2.25. The molecule has 0 spiro atoms. The standard InChI is InChI=1S/C16H26N2/c17-12-15-8-4-5-9-16(15)13-18-11-10-14-6-2-1-3-7-14/h4-5,8-9,14,18H,1-3,6-7,10-13,17H2. The van der Waals surface area contributed by atoms with Gasteiger partial charge in [0.2, 0.25) is 0 Å². The lowest BCUT2D eigenvalue weighted by molar-refractivity contribution is 0.334. The first-order chi connectivity index (χ1) is 8.90. The highest BCUT2D eigenvalue weighted by Gasteiger charge is 2.12. The monoisotopic (exact) mass is 246 g/mol. The second-order valence-electron chi connectivity index (χ2n) is 5.44. The van der Waals surface area contributed by atoms with Crippen LogP contribution in [0.5, 0.6) is 0 Å². The van der Waals surface area contributed by atoms with Gasteiger partial charge in [0.05, 0.1) is 0 Å². The Morgan fingerprint density at radius 1 is 1.06 bits per heavy atom. The van der Waals surface area contributed by atoms with Crippen molar-refractivity contribution in [3.05, 3.63) is 35.4 Å². The Hall–Kier alpha value is -0.860. The molecule has 2 nitrogen and oxygen atoms in total. The molecule has 0 atom stereocenters. The van der Waals surface area contributed by atoms with E-state index in [-0.39, 0.29) is 0 Å². The number of rotatable bonds is 6. The summed E-state index contributed by atoms with van der Waals surface area (Å²) in [5, 5.41) is 3.57. The molecule has 0 aromatic heterocycles. The van der Waals surface area contributed by atoms with Crippen LogP contribution in [0.15, 0.2) is 24.3 Å². The lowest BCUT2D eigenvalue weighted by Gasteiger charge is -2.21. The number of nitrogens with one attached hydrogen (secondary N) is 1. The van der Waals surface area contributed by atoms with Crippen LogP contribution in [0, 0.1) is 5.92 Å². The molecule has 1 aromatic carbocycles. The molecule has 1 aliphatic carbocycles. The smallest absolute Gasteiger partial charge is 0.0208 e. The van der Waals surface area contributed by atoms with Crippen molar-refractivity contribution >= 4 is 0 Å². The molecule has 1 saturated carbocycles. The molecule has 0 heterocycles. The fourth-order valence-electron chi connectivity index (χ4n) is 2.93. The molecule has 1 aromatic rings. The lowest BCUT2D eigenvalue weighted by Crippen LogP contribution is -2.20. The van der Waals surface area contributed by atoms with E-state index in [0.717, 1.165) is 19.0 Å². The predicted molar refractivity (Wildman–Crippen MR) is 77.2 cm³/mol. The Balaban J connectivity index is 1.68. The van der Waals surface area contributed by atoms with Crippen molar-refractivity contribution in [2.24, 2.45) is 11.7 Å². The van der Waals surface area contributed by atoms with E-state index in [0.29, 0.717) is 6.54 Å². The van der Waals surface area contributed by atoms with Gasteiger partial charge in [0.25, 0.3) is 0 Å². The fraction of sp³-hybridized carbons (Fsp3) is 0.625. The third kappa shape index (κ3) is 4.11. The molecule has 2 rings (SSSR count). The Morgan fingerprint density at radius 2 is 1.78 bits per heavy atom. The van der Waals surface area contributed by atoms with Gasteiger partial charge in [-0.05, 0) is 30.0 Å². The fourth-order valence-corrected chi connectivity index (χ4v) is 2.93. The maximum absolute atomic E-state index is 5.74. The van der Waals surface area contributed by atoms with Crippen molar-refractivity contribution in [2.75, 3.05) is 6.54 Å². The maximum Gasteiger partial charge on any atom is 0.0208 e. The number of hydrogen-bond acceptors (Lipinski definition) is 2. The van der Waals surface area contributed by atoms with Crippen LogP contribution in [0.1, 0.15) is 49.7 Å². The van der Waals surface area contributed by atoms with Crippen LogP contribution >= 0.6 is 0 Å². The summed E-state index contributed by atoms with van der Waals surface area (Å²) in [7, 11) is 0. The van der Waals surface area contributed by atoms with E-state index in [1.54, 1.807) is 0 Å². The molecular weight excluding hydrogens is 220 g/mol. The topological polar surface area (TPSA) is 38.0 Å². The quantitative estimate of drug-likeness (QED) is 0.756. The summed E-state index contributed by atoms with van der Waals surface area (Å²) in [4.78, 5) is 0. The van der Waals surface area contributed by atoms with E-state index in [2.05, 4.69) is 29.6 Å². The van der Waals surface area contributed by atoms with Gasteiger partial charge in [-0.3, -0.25) is 0 Å². The van der Waals surface area contributed by atoms with Crippen LogP contribution in [0.4, 0.5) is 0 Å². The van der Waals surface area contributed by atoms with Gasteiger partial charge < -0.3 is 11.1 Å². The van der Waals surface area contributed by atoms with E-state index in [9.17, 15) is 0 Å². The van der Waals surface area contributed by atoms with Crippen LogP contribution in [-0.2, 0) is 13.1 Å². The summed E-state index contributed by atoms with van der Waals surface area (Å²) in [6.07, 6.45) is 8.57. The van der Waals surface area contributed by atoms with E-state index in [1.165, 1.54) is 49.7 Å². The molecule has 18 heavy (non-hydrogen) atoms. The summed E-state index contributed by atoms with van der Waals surface area (Å²) < 4.78 is 0. The van der Waals surface area contributed by atoms with Gasteiger partial charge in [-0.1, -0.05) is 56.4 Å². The number of benzene rings is 1. The van der Waals surface area contributed by atoms with Crippen molar-refractivity contribution in [3.63, 3.8) is 0 Å². The zero-order valence-electron chi connectivity index (χ0n) is 11.3. The molecule has 0 amide bonds. The summed E-state index contributed by atoms with van der Waals surface area (Å²) in [5.74, 6) is 0.969. The Morgan fingerprint density at radius 3 is 2.50 bits per heavy atom. The molecular formula is C16H26N2. The largest absolute Gasteiger partial charge is 0.326 e. The summed E-state index contributed by atoms with van der Waals surface area (Å²) >= 11 is 0. The molecule has 1 fully saturated rings.